The Morgan fingerprint density at radius 2 is 1.87 bits per heavy atom. The lowest BCUT2D eigenvalue weighted by atomic mass is 9.95. The van der Waals surface area contributed by atoms with Crippen molar-refractivity contribution in [3.05, 3.63) is 52.8 Å². The quantitative estimate of drug-likeness (QED) is 0.671. The van der Waals surface area contributed by atoms with E-state index in [1.54, 1.807) is 0 Å². The van der Waals surface area contributed by atoms with Crippen molar-refractivity contribution in [2.45, 2.75) is 39.2 Å². The largest absolute Gasteiger partial charge is 0.340 e. The third-order valence-electron chi connectivity index (χ3n) is 5.90. The van der Waals surface area contributed by atoms with Crippen molar-refractivity contribution in [1.82, 2.24) is 20.0 Å². The molecule has 1 aliphatic rings. The standard InChI is InChI=1S/C22H33N5O.2ClH/c1-16-20(17(2)25-24-16)21(23)22(28)27(14-11-18-7-5-4-6-8-18)15-19-9-12-26(3)13-10-19;;/h4-8,19,21H,9-15,23H2,1-3H3,(H,24,25);2*1H. The number of likely N-dealkylation sites (tertiary alicyclic amines) is 1. The number of hydrogen-bond acceptors (Lipinski definition) is 4. The zero-order valence-electron chi connectivity index (χ0n) is 18.1. The van der Waals surface area contributed by atoms with Gasteiger partial charge in [-0.1, -0.05) is 30.3 Å². The smallest absolute Gasteiger partial charge is 0.244 e. The maximum Gasteiger partial charge on any atom is 0.244 e. The number of nitrogens with zero attached hydrogens (tertiary/aromatic N) is 3. The summed E-state index contributed by atoms with van der Waals surface area (Å²) in [5, 5.41) is 7.16. The fraction of sp³-hybridized carbons (Fsp3) is 0.545. The first-order chi connectivity index (χ1) is 13.5. The topological polar surface area (TPSA) is 78.2 Å². The first kappa shape index (κ1) is 26.4. The van der Waals surface area contributed by atoms with Gasteiger partial charge in [-0.3, -0.25) is 9.89 Å². The molecule has 1 amide bonds. The summed E-state index contributed by atoms with van der Waals surface area (Å²) >= 11 is 0. The van der Waals surface area contributed by atoms with Gasteiger partial charge < -0.3 is 15.5 Å². The number of rotatable bonds is 7. The third kappa shape index (κ3) is 6.71. The van der Waals surface area contributed by atoms with Crippen molar-refractivity contribution in [3.8, 4) is 0 Å². The van der Waals surface area contributed by atoms with Crippen LogP contribution >= 0.6 is 24.8 Å². The highest BCUT2D eigenvalue weighted by atomic mass is 35.5. The van der Waals surface area contributed by atoms with Crippen LogP contribution in [-0.2, 0) is 11.2 Å². The maximum atomic E-state index is 13.4. The SMILES string of the molecule is Cc1n[nH]c(C)c1C(N)C(=O)N(CCc1ccccc1)CC1CCN(C)CC1.Cl.Cl. The molecule has 30 heavy (non-hydrogen) atoms. The lowest BCUT2D eigenvalue weighted by molar-refractivity contribution is -0.133. The van der Waals surface area contributed by atoms with Gasteiger partial charge in [-0.2, -0.15) is 5.10 Å². The number of piperidine rings is 1. The number of carbonyl (C=O) groups is 1. The van der Waals surface area contributed by atoms with E-state index in [4.69, 9.17) is 5.73 Å². The highest BCUT2D eigenvalue weighted by Gasteiger charge is 2.29. The van der Waals surface area contributed by atoms with Crippen LogP contribution in [0.5, 0.6) is 0 Å². The number of carbonyl (C=O) groups excluding carboxylic acids is 1. The van der Waals surface area contributed by atoms with Gasteiger partial charge in [0.1, 0.15) is 6.04 Å². The molecule has 2 heterocycles. The van der Waals surface area contributed by atoms with Gasteiger partial charge >= 0.3 is 0 Å². The minimum atomic E-state index is -0.666. The molecule has 3 rings (SSSR count). The van der Waals surface area contributed by atoms with Crippen molar-refractivity contribution in [2.24, 2.45) is 11.7 Å². The molecule has 0 aliphatic carbocycles. The van der Waals surface area contributed by atoms with E-state index in [0.29, 0.717) is 12.5 Å². The average molecular weight is 456 g/mol. The summed E-state index contributed by atoms with van der Waals surface area (Å²) < 4.78 is 0. The molecule has 2 aromatic rings. The highest BCUT2D eigenvalue weighted by molar-refractivity contribution is 5.85. The molecule has 1 unspecified atom stereocenters. The number of aromatic nitrogens is 2. The van der Waals surface area contributed by atoms with E-state index in [2.05, 4.69) is 34.3 Å². The van der Waals surface area contributed by atoms with Gasteiger partial charge in [0.2, 0.25) is 5.91 Å². The van der Waals surface area contributed by atoms with Gasteiger partial charge in [-0.25, -0.2) is 0 Å². The summed E-state index contributed by atoms with van der Waals surface area (Å²) in [5.74, 6) is 0.539. The number of hydrogen-bond donors (Lipinski definition) is 2. The summed E-state index contributed by atoms with van der Waals surface area (Å²) in [6, 6.07) is 9.67. The van der Waals surface area contributed by atoms with Crippen LogP contribution in [0.25, 0.3) is 0 Å². The van der Waals surface area contributed by atoms with Crippen molar-refractivity contribution in [1.29, 1.82) is 0 Å². The summed E-state index contributed by atoms with van der Waals surface area (Å²) in [5.41, 5.74) is 10.2. The number of halogens is 2. The molecule has 6 nitrogen and oxygen atoms in total. The van der Waals surface area contributed by atoms with Gasteiger partial charge in [-0.15, -0.1) is 24.8 Å². The maximum absolute atomic E-state index is 13.4. The average Bonchev–Trinajstić information content (AvgIpc) is 3.04. The second-order valence-electron chi connectivity index (χ2n) is 8.09. The first-order valence-corrected chi connectivity index (χ1v) is 10.2. The van der Waals surface area contributed by atoms with E-state index in [-0.39, 0.29) is 30.7 Å². The minimum Gasteiger partial charge on any atom is -0.340 e. The van der Waals surface area contributed by atoms with Crippen LogP contribution in [0, 0.1) is 19.8 Å². The molecule has 3 N–H and O–H groups in total. The molecule has 0 saturated carbocycles. The molecule has 8 heteroatoms. The number of aromatic amines is 1. The Hall–Kier alpha value is -1.60. The van der Waals surface area contributed by atoms with Crippen molar-refractivity contribution in [2.75, 3.05) is 33.2 Å². The van der Waals surface area contributed by atoms with E-state index in [1.807, 2.05) is 36.9 Å². The summed E-state index contributed by atoms with van der Waals surface area (Å²) in [6.07, 6.45) is 3.10. The molecular formula is C22H35Cl2N5O. The fourth-order valence-corrected chi connectivity index (χ4v) is 4.09. The van der Waals surface area contributed by atoms with Crippen molar-refractivity contribution >= 4 is 30.7 Å². The molecule has 0 radical (unpaired) electrons. The number of amides is 1. The lowest BCUT2D eigenvalue weighted by Gasteiger charge is -2.34. The normalized spacial score (nSPS) is 15.7. The number of nitrogens with one attached hydrogen (secondary N) is 1. The zero-order chi connectivity index (χ0) is 20.1. The van der Waals surface area contributed by atoms with Crippen molar-refractivity contribution in [3.63, 3.8) is 0 Å². The monoisotopic (exact) mass is 455 g/mol. The minimum absolute atomic E-state index is 0. The molecule has 1 aromatic heterocycles. The van der Waals surface area contributed by atoms with Gasteiger partial charge in [-0.05, 0) is 64.7 Å². The molecule has 1 aliphatic heterocycles. The molecule has 1 atom stereocenters. The molecule has 168 valence electrons. The summed E-state index contributed by atoms with van der Waals surface area (Å²) in [7, 11) is 2.16. The Balaban J connectivity index is 0.00000225. The fourth-order valence-electron chi connectivity index (χ4n) is 4.09. The van der Waals surface area contributed by atoms with Crippen molar-refractivity contribution < 1.29 is 4.79 Å². The molecule has 1 saturated heterocycles. The molecule has 0 bridgehead atoms. The van der Waals surface area contributed by atoms with Gasteiger partial charge in [0.25, 0.3) is 0 Å². The Morgan fingerprint density at radius 3 is 2.43 bits per heavy atom. The van der Waals surface area contributed by atoms with Crippen LogP contribution < -0.4 is 5.73 Å². The first-order valence-electron chi connectivity index (χ1n) is 10.2. The van der Waals surface area contributed by atoms with E-state index in [1.165, 1.54) is 5.56 Å². The number of aryl methyl sites for hydroxylation is 2. The number of nitrogens with two attached hydrogens (primary N) is 1. The Morgan fingerprint density at radius 1 is 1.23 bits per heavy atom. The Bertz CT molecular complexity index is 756. The predicted octanol–water partition coefficient (Wildman–Crippen LogP) is 3.28. The zero-order valence-corrected chi connectivity index (χ0v) is 19.8. The second kappa shape index (κ2) is 12.3. The predicted molar refractivity (Wildman–Crippen MR) is 126 cm³/mol. The van der Waals surface area contributed by atoms with Gasteiger partial charge in [0, 0.05) is 24.3 Å². The van der Waals surface area contributed by atoms with E-state index in [0.717, 1.165) is 55.8 Å². The van der Waals surface area contributed by atoms with E-state index in [9.17, 15) is 4.79 Å². The lowest BCUT2D eigenvalue weighted by Crippen LogP contribution is -2.44. The van der Waals surface area contributed by atoms with E-state index < -0.39 is 6.04 Å². The van der Waals surface area contributed by atoms with E-state index >= 15 is 0 Å². The summed E-state index contributed by atoms with van der Waals surface area (Å²) in [6.45, 7) is 7.49. The van der Waals surface area contributed by atoms with Crippen LogP contribution in [0.1, 0.15) is 41.4 Å². The van der Waals surface area contributed by atoms with Crippen LogP contribution in [0.15, 0.2) is 30.3 Å². The van der Waals surface area contributed by atoms with Gasteiger partial charge in [0.05, 0.1) is 5.69 Å². The summed E-state index contributed by atoms with van der Waals surface area (Å²) in [4.78, 5) is 17.7. The molecule has 1 fully saturated rings. The highest BCUT2D eigenvalue weighted by Crippen LogP contribution is 2.23. The second-order valence-corrected chi connectivity index (χ2v) is 8.09. The number of benzene rings is 1. The van der Waals surface area contributed by atoms with Crippen LogP contribution in [0.4, 0.5) is 0 Å². The van der Waals surface area contributed by atoms with Crippen LogP contribution in [-0.4, -0.2) is 59.1 Å². The Kier molecular flexibility index (Phi) is 10.8. The number of H-pyrrole nitrogens is 1. The third-order valence-corrected chi connectivity index (χ3v) is 5.90. The molecule has 1 aromatic carbocycles. The van der Waals surface area contributed by atoms with Gasteiger partial charge in [0.15, 0.2) is 0 Å². The van der Waals surface area contributed by atoms with Crippen LogP contribution in [0.3, 0.4) is 0 Å². The van der Waals surface area contributed by atoms with Crippen LogP contribution in [0.2, 0.25) is 0 Å². The molecule has 0 spiro atoms. The molecular weight excluding hydrogens is 421 g/mol. The Labute approximate surface area is 192 Å².